The van der Waals surface area contributed by atoms with Gasteiger partial charge in [0.25, 0.3) is 0 Å². The van der Waals surface area contributed by atoms with Crippen LogP contribution in [0.15, 0.2) is 21.8 Å². The Hall–Kier alpha value is -1.60. The van der Waals surface area contributed by atoms with E-state index in [1.807, 2.05) is 6.07 Å². The van der Waals surface area contributed by atoms with E-state index in [4.69, 9.17) is 14.0 Å². The number of likely N-dealkylation sites (tertiary alicyclic amines) is 1. The lowest BCUT2D eigenvalue weighted by Gasteiger charge is -2.35. The van der Waals surface area contributed by atoms with Crippen LogP contribution in [0.5, 0.6) is 0 Å². The predicted octanol–water partition coefficient (Wildman–Crippen LogP) is 2.19. The lowest BCUT2D eigenvalue weighted by Crippen LogP contribution is -2.47. The second kappa shape index (κ2) is 9.77. The number of hydrogen-bond acceptors (Lipinski definition) is 5. The van der Waals surface area contributed by atoms with Gasteiger partial charge in [-0.15, -0.1) is 0 Å². The SMILES string of the molecule is CCNC(=NCc1ccon1)N1CCC(OCC2CCCCO2)CC1. The van der Waals surface area contributed by atoms with Crippen molar-refractivity contribution >= 4 is 5.96 Å². The number of guanidine groups is 1. The summed E-state index contributed by atoms with van der Waals surface area (Å²) in [6, 6.07) is 1.85. The van der Waals surface area contributed by atoms with Crippen molar-refractivity contribution in [1.29, 1.82) is 0 Å². The van der Waals surface area contributed by atoms with Crippen molar-refractivity contribution in [2.45, 2.75) is 57.8 Å². The van der Waals surface area contributed by atoms with E-state index in [1.165, 1.54) is 12.8 Å². The highest BCUT2D eigenvalue weighted by Crippen LogP contribution is 2.18. The third-order valence-corrected chi connectivity index (χ3v) is 4.75. The minimum Gasteiger partial charge on any atom is -0.376 e. The van der Waals surface area contributed by atoms with Crippen molar-refractivity contribution in [3.05, 3.63) is 18.0 Å². The molecule has 1 aromatic heterocycles. The summed E-state index contributed by atoms with van der Waals surface area (Å²) in [5.41, 5.74) is 0.848. The van der Waals surface area contributed by atoms with Gasteiger partial charge in [-0.1, -0.05) is 5.16 Å². The standard InChI is InChI=1S/C18H30N4O3/c1-2-19-18(20-13-15-8-12-25-21-15)22-9-6-16(7-10-22)24-14-17-5-3-4-11-23-17/h8,12,16-17H,2-7,9-11,13-14H2,1H3,(H,19,20). The Morgan fingerprint density at radius 2 is 2.24 bits per heavy atom. The van der Waals surface area contributed by atoms with Crippen LogP contribution in [0.2, 0.25) is 0 Å². The van der Waals surface area contributed by atoms with Crippen molar-refractivity contribution in [1.82, 2.24) is 15.4 Å². The van der Waals surface area contributed by atoms with Gasteiger partial charge in [-0.3, -0.25) is 0 Å². The van der Waals surface area contributed by atoms with Gasteiger partial charge < -0.3 is 24.2 Å². The molecule has 7 heteroatoms. The van der Waals surface area contributed by atoms with Gasteiger partial charge in [0, 0.05) is 32.3 Å². The van der Waals surface area contributed by atoms with E-state index in [0.29, 0.717) is 18.8 Å². The van der Waals surface area contributed by atoms with Crippen LogP contribution in [0.1, 0.15) is 44.7 Å². The highest BCUT2D eigenvalue weighted by Gasteiger charge is 2.23. The van der Waals surface area contributed by atoms with E-state index in [9.17, 15) is 0 Å². The Balaban J connectivity index is 1.43. The van der Waals surface area contributed by atoms with Crippen LogP contribution in [0, 0.1) is 0 Å². The Morgan fingerprint density at radius 3 is 2.92 bits per heavy atom. The summed E-state index contributed by atoms with van der Waals surface area (Å²) in [6.07, 6.45) is 7.86. The van der Waals surface area contributed by atoms with E-state index >= 15 is 0 Å². The van der Waals surface area contributed by atoms with Gasteiger partial charge in [-0.25, -0.2) is 4.99 Å². The summed E-state index contributed by atoms with van der Waals surface area (Å²) >= 11 is 0. The fourth-order valence-electron chi connectivity index (χ4n) is 3.32. The summed E-state index contributed by atoms with van der Waals surface area (Å²) in [5, 5.41) is 7.28. The molecule has 2 fully saturated rings. The first kappa shape index (κ1) is 18.2. The molecule has 2 aliphatic heterocycles. The molecule has 2 aliphatic rings. The Kier molecular flexibility index (Phi) is 7.11. The third-order valence-electron chi connectivity index (χ3n) is 4.75. The second-order valence-corrected chi connectivity index (χ2v) is 6.67. The third kappa shape index (κ3) is 5.71. The Labute approximate surface area is 149 Å². The first-order chi connectivity index (χ1) is 12.3. The van der Waals surface area contributed by atoms with Gasteiger partial charge in [0.2, 0.25) is 0 Å². The molecule has 2 saturated heterocycles. The van der Waals surface area contributed by atoms with Crippen LogP contribution < -0.4 is 5.32 Å². The molecule has 1 atom stereocenters. The molecule has 3 heterocycles. The molecule has 1 N–H and O–H groups in total. The van der Waals surface area contributed by atoms with Crippen LogP contribution in [-0.2, 0) is 16.0 Å². The largest absolute Gasteiger partial charge is 0.376 e. The van der Waals surface area contributed by atoms with Crippen molar-refractivity contribution < 1.29 is 14.0 Å². The van der Waals surface area contributed by atoms with Crippen LogP contribution in [-0.4, -0.2) is 61.1 Å². The molecular weight excluding hydrogens is 320 g/mol. The first-order valence-corrected chi connectivity index (χ1v) is 9.51. The quantitative estimate of drug-likeness (QED) is 0.626. The average molecular weight is 350 g/mol. The summed E-state index contributed by atoms with van der Waals surface area (Å²) in [4.78, 5) is 6.98. The van der Waals surface area contributed by atoms with Gasteiger partial charge in [-0.2, -0.15) is 0 Å². The average Bonchev–Trinajstić information content (AvgIpc) is 3.18. The normalized spacial score (nSPS) is 23.0. The number of nitrogens with one attached hydrogen (secondary N) is 1. The topological polar surface area (TPSA) is 72.1 Å². The van der Waals surface area contributed by atoms with E-state index in [1.54, 1.807) is 6.26 Å². The van der Waals surface area contributed by atoms with E-state index in [0.717, 1.165) is 63.8 Å². The second-order valence-electron chi connectivity index (χ2n) is 6.67. The zero-order valence-corrected chi connectivity index (χ0v) is 15.2. The maximum absolute atomic E-state index is 6.09. The van der Waals surface area contributed by atoms with E-state index in [2.05, 4.69) is 27.3 Å². The molecule has 0 radical (unpaired) electrons. The zero-order chi connectivity index (χ0) is 17.3. The number of nitrogens with zero attached hydrogens (tertiary/aromatic N) is 3. The lowest BCUT2D eigenvalue weighted by atomic mass is 10.1. The van der Waals surface area contributed by atoms with E-state index < -0.39 is 0 Å². The molecule has 0 amide bonds. The highest BCUT2D eigenvalue weighted by atomic mass is 16.5. The molecule has 7 nitrogen and oxygen atoms in total. The van der Waals surface area contributed by atoms with Crippen molar-refractivity contribution in [3.63, 3.8) is 0 Å². The fraction of sp³-hybridized carbons (Fsp3) is 0.778. The number of aromatic nitrogens is 1. The summed E-state index contributed by atoms with van der Waals surface area (Å²) in [5.74, 6) is 0.944. The molecular formula is C18H30N4O3. The van der Waals surface area contributed by atoms with E-state index in [-0.39, 0.29) is 0 Å². The van der Waals surface area contributed by atoms with Crippen LogP contribution in [0.4, 0.5) is 0 Å². The minimum atomic E-state index is 0.299. The van der Waals surface area contributed by atoms with Crippen LogP contribution >= 0.6 is 0 Å². The van der Waals surface area contributed by atoms with Gasteiger partial charge in [0.05, 0.1) is 25.4 Å². The van der Waals surface area contributed by atoms with Crippen LogP contribution in [0.3, 0.4) is 0 Å². The number of aliphatic imine (C=N–C) groups is 1. The van der Waals surface area contributed by atoms with Crippen molar-refractivity contribution in [3.8, 4) is 0 Å². The molecule has 0 aliphatic carbocycles. The van der Waals surface area contributed by atoms with Crippen LogP contribution in [0.25, 0.3) is 0 Å². The molecule has 25 heavy (non-hydrogen) atoms. The maximum atomic E-state index is 6.09. The number of hydrogen-bond donors (Lipinski definition) is 1. The lowest BCUT2D eigenvalue weighted by molar-refractivity contribution is -0.0721. The number of rotatable bonds is 6. The fourth-order valence-corrected chi connectivity index (χ4v) is 3.32. The van der Waals surface area contributed by atoms with Gasteiger partial charge in [-0.05, 0) is 39.0 Å². The minimum absolute atomic E-state index is 0.299. The molecule has 0 bridgehead atoms. The van der Waals surface area contributed by atoms with Gasteiger partial charge >= 0.3 is 0 Å². The summed E-state index contributed by atoms with van der Waals surface area (Å²) < 4.78 is 16.7. The molecule has 0 spiro atoms. The van der Waals surface area contributed by atoms with Gasteiger partial charge in [0.15, 0.2) is 5.96 Å². The number of piperidine rings is 1. The summed E-state index contributed by atoms with van der Waals surface area (Å²) in [6.45, 7) is 7.03. The molecule has 0 aromatic carbocycles. The number of ether oxygens (including phenoxy) is 2. The molecule has 1 unspecified atom stereocenters. The van der Waals surface area contributed by atoms with Gasteiger partial charge in [0.1, 0.15) is 12.0 Å². The maximum Gasteiger partial charge on any atom is 0.194 e. The van der Waals surface area contributed by atoms with Crippen molar-refractivity contribution in [2.24, 2.45) is 4.99 Å². The zero-order valence-electron chi connectivity index (χ0n) is 15.2. The predicted molar refractivity (Wildman–Crippen MR) is 95.5 cm³/mol. The smallest absolute Gasteiger partial charge is 0.194 e. The Morgan fingerprint density at radius 1 is 1.36 bits per heavy atom. The molecule has 0 saturated carbocycles. The van der Waals surface area contributed by atoms with Crippen molar-refractivity contribution in [2.75, 3.05) is 32.8 Å². The monoisotopic (exact) mass is 350 g/mol. The highest BCUT2D eigenvalue weighted by molar-refractivity contribution is 5.80. The molecule has 140 valence electrons. The Bertz CT molecular complexity index is 506. The summed E-state index contributed by atoms with van der Waals surface area (Å²) in [7, 11) is 0. The molecule has 3 rings (SSSR count). The first-order valence-electron chi connectivity index (χ1n) is 9.51. The molecule has 1 aromatic rings.